The largest absolute Gasteiger partial charge is 1.00 e. The number of rotatable bonds is 0. The first-order valence-corrected chi connectivity index (χ1v) is 2.72. The van der Waals surface area contributed by atoms with E-state index in [0.29, 0.717) is 6.26 Å². The van der Waals surface area contributed by atoms with Gasteiger partial charge in [0, 0.05) is 6.26 Å². The van der Waals surface area contributed by atoms with Crippen molar-refractivity contribution in [2.45, 2.75) is 0 Å². The van der Waals surface area contributed by atoms with Gasteiger partial charge in [0.1, 0.15) is 0 Å². The van der Waals surface area contributed by atoms with Crippen LogP contribution in [0.15, 0.2) is 0 Å². The van der Waals surface area contributed by atoms with Crippen LogP contribution in [0.4, 0.5) is 0 Å². The fourth-order valence-corrected chi connectivity index (χ4v) is 0. The van der Waals surface area contributed by atoms with Crippen molar-refractivity contribution in [3.05, 3.63) is 0 Å². The van der Waals surface area contributed by atoms with Crippen LogP contribution in [0.2, 0.25) is 0 Å². The predicted octanol–water partition coefficient (Wildman–Crippen LogP) is -3.83. The van der Waals surface area contributed by atoms with E-state index >= 15 is 0 Å². The molecule has 0 aromatic rings. The molecule has 32 valence electrons. The van der Waals surface area contributed by atoms with Crippen molar-refractivity contribution in [2.24, 2.45) is 0 Å². The standard InChI is InChI=1S/CH4O3S.Cs/c1-5(2,3)4;/h1H3,(H,2,3,4);/q;+1/p-1. The molecule has 0 atom stereocenters. The van der Waals surface area contributed by atoms with Gasteiger partial charge in [-0.3, -0.25) is 0 Å². The molecule has 3 nitrogen and oxygen atoms in total. The predicted molar refractivity (Wildman–Crippen MR) is 15.6 cm³/mol. The summed E-state index contributed by atoms with van der Waals surface area (Å²) in [6, 6.07) is 0. The van der Waals surface area contributed by atoms with Gasteiger partial charge in [-0.05, 0) is 0 Å². The maximum atomic E-state index is 9.08. The molecule has 0 aliphatic heterocycles. The third-order valence-electron chi connectivity index (χ3n) is 0. The fraction of sp³-hybridized carbons (Fsp3) is 1.00. The maximum absolute atomic E-state index is 9.08. The van der Waals surface area contributed by atoms with E-state index in [0.717, 1.165) is 0 Å². The van der Waals surface area contributed by atoms with Crippen LogP contribution in [0.25, 0.3) is 0 Å². The molecule has 0 saturated heterocycles. The van der Waals surface area contributed by atoms with Gasteiger partial charge in [0.15, 0.2) is 0 Å². The summed E-state index contributed by atoms with van der Waals surface area (Å²) in [6.07, 6.45) is 0.604. The van der Waals surface area contributed by atoms with E-state index in [2.05, 4.69) is 0 Å². The zero-order valence-electron chi connectivity index (χ0n) is 3.63. The van der Waals surface area contributed by atoms with Crippen molar-refractivity contribution in [1.29, 1.82) is 0 Å². The van der Waals surface area contributed by atoms with Gasteiger partial charge in [0.2, 0.25) is 0 Å². The average Bonchev–Trinajstić information content (AvgIpc) is 0.722. The summed E-state index contributed by atoms with van der Waals surface area (Å²) in [6.45, 7) is 0. The maximum Gasteiger partial charge on any atom is 1.00 e. The van der Waals surface area contributed by atoms with Crippen LogP contribution in [-0.4, -0.2) is 19.2 Å². The Hall–Kier alpha value is 1.96. The van der Waals surface area contributed by atoms with Crippen LogP contribution < -0.4 is 68.9 Å². The number of hydrogen-bond donors (Lipinski definition) is 0. The van der Waals surface area contributed by atoms with Gasteiger partial charge in [-0.2, -0.15) is 0 Å². The second-order valence-electron chi connectivity index (χ2n) is 0.704. The van der Waals surface area contributed by atoms with E-state index in [9.17, 15) is 0 Å². The van der Waals surface area contributed by atoms with Crippen molar-refractivity contribution in [3.63, 3.8) is 0 Å². The third-order valence-corrected chi connectivity index (χ3v) is 0. The average molecular weight is 228 g/mol. The molecule has 0 radical (unpaired) electrons. The zero-order chi connectivity index (χ0) is 4.50. The Bertz CT molecular complexity index is 94.0. The Morgan fingerprint density at radius 2 is 1.50 bits per heavy atom. The van der Waals surface area contributed by atoms with E-state index < -0.39 is 10.1 Å². The second kappa shape index (κ2) is 3.90. The molecule has 0 fully saturated rings. The minimum absolute atomic E-state index is 0. The number of hydrogen-bond acceptors (Lipinski definition) is 3. The van der Waals surface area contributed by atoms with Crippen molar-refractivity contribution in [3.8, 4) is 0 Å². The third kappa shape index (κ3) is 38.1. The SMILES string of the molecule is CS(=O)(=O)[O-].[Cs+]. The summed E-state index contributed by atoms with van der Waals surface area (Å²) >= 11 is 0. The molecule has 0 unspecified atom stereocenters. The van der Waals surface area contributed by atoms with Crippen LogP contribution >= 0.6 is 0 Å². The van der Waals surface area contributed by atoms with Crippen molar-refractivity contribution >= 4 is 10.1 Å². The molecule has 0 aromatic heterocycles. The first kappa shape index (κ1) is 10.9. The Morgan fingerprint density at radius 3 is 1.50 bits per heavy atom. The monoisotopic (exact) mass is 228 g/mol. The summed E-state index contributed by atoms with van der Waals surface area (Å²) in [5, 5.41) is 0. The van der Waals surface area contributed by atoms with Gasteiger partial charge in [-0.1, -0.05) is 0 Å². The Labute approximate surface area is 95.7 Å². The van der Waals surface area contributed by atoms with Crippen LogP contribution in [-0.2, 0) is 10.1 Å². The Kier molecular flexibility index (Phi) is 7.06. The topological polar surface area (TPSA) is 57.2 Å². The fourth-order valence-electron chi connectivity index (χ4n) is 0. The van der Waals surface area contributed by atoms with Crippen LogP contribution in [0.3, 0.4) is 0 Å². The quantitative estimate of drug-likeness (QED) is 0.399. The summed E-state index contributed by atoms with van der Waals surface area (Å²) in [7, 11) is -3.92. The summed E-state index contributed by atoms with van der Waals surface area (Å²) < 4.78 is 27.2. The Morgan fingerprint density at radius 1 is 1.50 bits per heavy atom. The molecule has 5 heteroatoms. The summed E-state index contributed by atoms with van der Waals surface area (Å²) in [5.41, 5.74) is 0. The van der Waals surface area contributed by atoms with Crippen molar-refractivity contribution < 1.29 is 81.9 Å². The minimum Gasteiger partial charge on any atom is -0.748 e. The molecular formula is CH3CsO3S. The molecule has 0 N–H and O–H groups in total. The van der Waals surface area contributed by atoms with E-state index in [-0.39, 0.29) is 68.9 Å². The Balaban J connectivity index is 0. The van der Waals surface area contributed by atoms with Gasteiger partial charge in [-0.15, -0.1) is 0 Å². The van der Waals surface area contributed by atoms with Crippen molar-refractivity contribution in [2.75, 3.05) is 6.26 Å². The summed E-state index contributed by atoms with van der Waals surface area (Å²) in [5.74, 6) is 0. The molecular weight excluding hydrogens is 225 g/mol. The smallest absolute Gasteiger partial charge is 0.748 e. The molecule has 0 aromatic carbocycles. The van der Waals surface area contributed by atoms with Crippen LogP contribution in [0.5, 0.6) is 0 Å². The van der Waals surface area contributed by atoms with E-state index in [1.807, 2.05) is 0 Å². The minimum atomic E-state index is -3.92. The molecule has 0 aliphatic rings. The zero-order valence-corrected chi connectivity index (χ0v) is 10.7. The normalized spacial score (nSPS) is 9.67. The molecule has 0 rings (SSSR count). The molecule has 0 amide bonds. The van der Waals surface area contributed by atoms with Gasteiger partial charge in [-0.25, -0.2) is 8.42 Å². The molecule has 6 heavy (non-hydrogen) atoms. The summed E-state index contributed by atoms with van der Waals surface area (Å²) in [4.78, 5) is 0. The van der Waals surface area contributed by atoms with Gasteiger partial charge in [0.25, 0.3) is 0 Å². The molecule has 0 saturated carbocycles. The first-order valence-electron chi connectivity index (χ1n) is 0.908. The van der Waals surface area contributed by atoms with Crippen LogP contribution in [0.1, 0.15) is 0 Å². The van der Waals surface area contributed by atoms with Crippen LogP contribution in [0, 0.1) is 0 Å². The van der Waals surface area contributed by atoms with Crippen molar-refractivity contribution in [1.82, 2.24) is 0 Å². The van der Waals surface area contributed by atoms with E-state index in [1.165, 1.54) is 0 Å². The van der Waals surface area contributed by atoms with E-state index in [4.69, 9.17) is 13.0 Å². The molecule has 0 bridgehead atoms. The van der Waals surface area contributed by atoms with Gasteiger partial charge in [0.05, 0.1) is 10.1 Å². The van der Waals surface area contributed by atoms with E-state index in [1.54, 1.807) is 0 Å². The first-order chi connectivity index (χ1) is 2.00. The second-order valence-corrected chi connectivity index (χ2v) is 2.11. The van der Waals surface area contributed by atoms with Gasteiger partial charge < -0.3 is 4.55 Å². The molecule has 0 heterocycles. The van der Waals surface area contributed by atoms with Gasteiger partial charge >= 0.3 is 68.9 Å². The molecule has 0 aliphatic carbocycles. The molecule has 0 spiro atoms.